The highest BCUT2D eigenvalue weighted by Crippen LogP contribution is 2.63. The topological polar surface area (TPSA) is 66.9 Å². The molecule has 2 rings (SSSR count). The first kappa shape index (κ1) is 25.6. The molecule has 0 N–H and O–H groups in total. The predicted octanol–water partition coefficient (Wildman–Crippen LogP) is 6.10. The summed E-state index contributed by atoms with van der Waals surface area (Å²) in [5, 5.41) is 0. The molecule has 0 aliphatic rings. The number of methoxy groups -OCH3 is 1. The highest BCUT2D eigenvalue weighted by Gasteiger charge is 2.40. The van der Waals surface area contributed by atoms with Crippen LogP contribution in [0.2, 0.25) is 13.1 Å². The summed E-state index contributed by atoms with van der Waals surface area (Å²) in [4.78, 5) is 4.21. The zero-order chi connectivity index (χ0) is 23.4. The Morgan fingerprint density at radius 3 is 2.23 bits per heavy atom. The molecular formula is C23H35NO5PSi. The Bertz CT molecular complexity index is 920. The smallest absolute Gasteiger partial charge is 0.338 e. The normalized spacial score (nSPS) is 13.4. The van der Waals surface area contributed by atoms with Crippen LogP contribution in [-0.2, 0) is 25.4 Å². The minimum atomic E-state index is -3.51. The molecule has 1 heterocycles. The van der Waals surface area contributed by atoms with E-state index in [-0.39, 0.29) is 5.41 Å². The Balaban J connectivity index is 2.85. The van der Waals surface area contributed by atoms with Crippen molar-refractivity contribution in [3.8, 4) is 11.5 Å². The third-order valence-electron chi connectivity index (χ3n) is 5.12. The lowest BCUT2D eigenvalue weighted by Gasteiger charge is -2.32. The molecule has 1 aromatic carbocycles. The van der Waals surface area contributed by atoms with E-state index in [1.54, 1.807) is 19.5 Å². The van der Waals surface area contributed by atoms with Crippen molar-refractivity contribution >= 4 is 16.6 Å². The van der Waals surface area contributed by atoms with E-state index in [4.69, 9.17) is 18.2 Å². The van der Waals surface area contributed by atoms with Gasteiger partial charge < -0.3 is 18.2 Å². The van der Waals surface area contributed by atoms with Crippen LogP contribution in [0.1, 0.15) is 48.7 Å². The fraction of sp³-hybridized carbons (Fsp3) is 0.522. The van der Waals surface area contributed by atoms with E-state index in [0.717, 1.165) is 22.3 Å². The lowest BCUT2D eigenvalue weighted by atomic mass is 9.81. The van der Waals surface area contributed by atoms with E-state index in [2.05, 4.69) is 44.9 Å². The first-order chi connectivity index (χ1) is 14.5. The van der Waals surface area contributed by atoms with Gasteiger partial charge in [0, 0.05) is 37.7 Å². The summed E-state index contributed by atoms with van der Waals surface area (Å²) in [6, 6.07) is 5.87. The first-order valence-electron chi connectivity index (χ1n) is 10.3. The van der Waals surface area contributed by atoms with Crippen LogP contribution in [0.25, 0.3) is 0 Å². The molecule has 0 amide bonds. The number of nitrogens with zero attached hydrogens (tertiary/aromatic N) is 1. The molecule has 1 aromatic heterocycles. The number of hydrogen-bond acceptors (Lipinski definition) is 6. The van der Waals surface area contributed by atoms with Gasteiger partial charge in [0.1, 0.15) is 0 Å². The summed E-state index contributed by atoms with van der Waals surface area (Å²) in [6.07, 6.45) is 3.91. The van der Waals surface area contributed by atoms with Crippen molar-refractivity contribution in [2.24, 2.45) is 0 Å². The molecule has 2 aromatic rings. The maximum Gasteiger partial charge on any atom is 0.338 e. The molecule has 0 bridgehead atoms. The van der Waals surface area contributed by atoms with Crippen molar-refractivity contribution in [3.63, 3.8) is 0 Å². The summed E-state index contributed by atoms with van der Waals surface area (Å²) in [5.74, 6) is 1.31. The van der Waals surface area contributed by atoms with Gasteiger partial charge in [-0.15, -0.1) is 0 Å². The molecule has 0 saturated heterocycles. The van der Waals surface area contributed by atoms with Crippen molar-refractivity contribution in [2.75, 3.05) is 21.3 Å². The second-order valence-electron chi connectivity index (χ2n) is 8.77. The lowest BCUT2D eigenvalue weighted by Crippen LogP contribution is -2.21. The van der Waals surface area contributed by atoms with Crippen molar-refractivity contribution in [2.45, 2.75) is 58.3 Å². The van der Waals surface area contributed by atoms with Gasteiger partial charge in [0.2, 0.25) is 0 Å². The molecule has 8 heteroatoms. The SMILES string of the molecule is COc1c(O[Si](C)C)c(C(Cc2cccnc2)P(=O)(OC)OC)cc(C)c1C(C)(C)C. The second kappa shape index (κ2) is 10.3. The van der Waals surface area contributed by atoms with Gasteiger partial charge in [-0.2, -0.15) is 0 Å². The number of ether oxygens (including phenoxy) is 1. The van der Waals surface area contributed by atoms with E-state index in [1.165, 1.54) is 14.2 Å². The van der Waals surface area contributed by atoms with Crippen LogP contribution in [0.5, 0.6) is 11.5 Å². The van der Waals surface area contributed by atoms with Gasteiger partial charge in [-0.25, -0.2) is 0 Å². The van der Waals surface area contributed by atoms with Crippen molar-refractivity contribution in [1.29, 1.82) is 0 Å². The van der Waals surface area contributed by atoms with E-state index in [9.17, 15) is 4.57 Å². The number of benzene rings is 1. The number of rotatable bonds is 9. The molecule has 0 aliphatic heterocycles. The van der Waals surface area contributed by atoms with E-state index in [0.29, 0.717) is 17.9 Å². The monoisotopic (exact) mass is 464 g/mol. The van der Waals surface area contributed by atoms with Gasteiger partial charge in [0.05, 0.1) is 12.8 Å². The van der Waals surface area contributed by atoms with Crippen molar-refractivity contribution in [1.82, 2.24) is 4.98 Å². The van der Waals surface area contributed by atoms with Crippen LogP contribution in [0.15, 0.2) is 30.6 Å². The maximum absolute atomic E-state index is 13.7. The highest BCUT2D eigenvalue weighted by atomic mass is 31.2. The number of hydrogen-bond donors (Lipinski definition) is 0. The summed E-state index contributed by atoms with van der Waals surface area (Å²) >= 11 is 0. The lowest BCUT2D eigenvalue weighted by molar-refractivity contribution is 0.264. The van der Waals surface area contributed by atoms with Gasteiger partial charge >= 0.3 is 7.60 Å². The highest BCUT2D eigenvalue weighted by molar-refractivity contribution is 7.54. The fourth-order valence-electron chi connectivity index (χ4n) is 3.94. The van der Waals surface area contributed by atoms with Crippen LogP contribution in [0.4, 0.5) is 0 Å². The summed E-state index contributed by atoms with van der Waals surface area (Å²) < 4.78 is 37.0. The molecule has 1 unspecified atom stereocenters. The summed E-state index contributed by atoms with van der Waals surface area (Å²) in [7, 11) is -0.155. The minimum absolute atomic E-state index is 0.161. The summed E-state index contributed by atoms with van der Waals surface area (Å²) in [5.41, 5.74) is 3.08. The predicted molar refractivity (Wildman–Crippen MR) is 127 cm³/mol. The minimum Gasteiger partial charge on any atom is -0.540 e. The number of pyridine rings is 1. The van der Waals surface area contributed by atoms with Crippen LogP contribution in [0.3, 0.4) is 0 Å². The van der Waals surface area contributed by atoms with Gasteiger partial charge in [0.15, 0.2) is 11.5 Å². The number of aromatic nitrogens is 1. The molecule has 1 radical (unpaired) electrons. The molecule has 6 nitrogen and oxygen atoms in total. The molecular weight excluding hydrogens is 429 g/mol. The molecule has 31 heavy (non-hydrogen) atoms. The van der Waals surface area contributed by atoms with Crippen LogP contribution >= 0.6 is 7.60 Å². The van der Waals surface area contributed by atoms with Gasteiger partial charge in [-0.1, -0.05) is 32.9 Å². The third-order valence-corrected chi connectivity index (χ3v) is 7.98. The zero-order valence-electron chi connectivity index (χ0n) is 20.1. The Hall–Kier alpha value is -1.66. The Morgan fingerprint density at radius 1 is 1.13 bits per heavy atom. The van der Waals surface area contributed by atoms with Gasteiger partial charge in [0.25, 0.3) is 9.04 Å². The summed E-state index contributed by atoms with van der Waals surface area (Å²) in [6.45, 7) is 12.6. The Morgan fingerprint density at radius 2 is 1.77 bits per heavy atom. The zero-order valence-corrected chi connectivity index (χ0v) is 22.0. The van der Waals surface area contributed by atoms with Crippen molar-refractivity contribution in [3.05, 3.63) is 52.8 Å². The van der Waals surface area contributed by atoms with Crippen molar-refractivity contribution < 1.29 is 22.8 Å². The molecule has 0 saturated carbocycles. The average molecular weight is 465 g/mol. The molecule has 171 valence electrons. The molecule has 0 fully saturated rings. The Labute approximate surface area is 188 Å². The van der Waals surface area contributed by atoms with Gasteiger partial charge in [-0.3, -0.25) is 9.55 Å². The fourth-order valence-corrected chi connectivity index (χ4v) is 6.19. The van der Waals surface area contributed by atoms with Crippen LogP contribution in [0, 0.1) is 6.92 Å². The largest absolute Gasteiger partial charge is 0.540 e. The molecule has 0 spiro atoms. The van der Waals surface area contributed by atoms with E-state index >= 15 is 0 Å². The maximum atomic E-state index is 13.7. The second-order valence-corrected chi connectivity index (χ2v) is 13.2. The number of aryl methyl sites for hydroxylation is 1. The first-order valence-corrected chi connectivity index (χ1v) is 14.3. The average Bonchev–Trinajstić information content (AvgIpc) is 2.71. The molecule has 0 aliphatic carbocycles. The third kappa shape index (κ3) is 5.78. The molecule has 1 atom stereocenters. The Kier molecular flexibility index (Phi) is 8.51. The van der Waals surface area contributed by atoms with Crippen LogP contribution in [-0.4, -0.2) is 35.4 Å². The quantitative estimate of drug-likeness (QED) is 0.330. The standard InChI is InChI=1S/C23H35NO5PSi/c1-16-13-18(21(29-31(8)9)22(26-5)20(16)23(2,3)4)19(30(25,27-6)28-7)14-17-11-10-12-24-15-17/h10-13,15,19H,14H2,1-9H3. The van der Waals surface area contributed by atoms with E-state index < -0.39 is 22.3 Å². The van der Waals surface area contributed by atoms with Gasteiger partial charge in [-0.05, 0) is 49.0 Å². The van der Waals surface area contributed by atoms with E-state index in [1.807, 2.05) is 19.1 Å². The van der Waals surface area contributed by atoms with Crippen LogP contribution < -0.4 is 9.16 Å².